The Hall–Kier alpha value is -1.68. The molecule has 0 unspecified atom stereocenters. The molecule has 0 radical (unpaired) electrons. The SMILES string of the molecule is CC(C)(C)OC(=O)C1(C(=O)c2ccccc2)CCNCC1. The van der Waals surface area contributed by atoms with Crippen LogP contribution in [-0.4, -0.2) is 30.4 Å². The Labute approximate surface area is 125 Å². The lowest BCUT2D eigenvalue weighted by molar-refractivity contribution is -0.165. The zero-order valence-corrected chi connectivity index (χ0v) is 12.9. The first-order valence-corrected chi connectivity index (χ1v) is 7.39. The highest BCUT2D eigenvalue weighted by Crippen LogP contribution is 2.35. The summed E-state index contributed by atoms with van der Waals surface area (Å²) < 4.78 is 5.54. The van der Waals surface area contributed by atoms with Gasteiger partial charge < -0.3 is 10.1 Å². The molecule has 2 rings (SSSR count). The fraction of sp³-hybridized carbons (Fsp3) is 0.529. The molecule has 1 aliphatic heterocycles. The van der Waals surface area contributed by atoms with Gasteiger partial charge in [0.2, 0.25) is 0 Å². The van der Waals surface area contributed by atoms with Gasteiger partial charge in [-0.1, -0.05) is 30.3 Å². The third-order valence-electron chi connectivity index (χ3n) is 3.72. The summed E-state index contributed by atoms with van der Waals surface area (Å²) in [4.78, 5) is 25.6. The summed E-state index contributed by atoms with van der Waals surface area (Å²) in [6.07, 6.45) is 0.964. The van der Waals surface area contributed by atoms with Crippen LogP contribution in [0.25, 0.3) is 0 Å². The number of nitrogens with one attached hydrogen (secondary N) is 1. The second-order valence-electron chi connectivity index (χ2n) is 6.53. The van der Waals surface area contributed by atoms with Gasteiger partial charge in [-0.3, -0.25) is 9.59 Å². The van der Waals surface area contributed by atoms with Crippen molar-refractivity contribution in [1.29, 1.82) is 0 Å². The summed E-state index contributed by atoms with van der Waals surface area (Å²) in [7, 11) is 0. The molecule has 114 valence electrons. The van der Waals surface area contributed by atoms with Gasteiger partial charge in [0.25, 0.3) is 0 Å². The number of carbonyl (C=O) groups excluding carboxylic acids is 2. The van der Waals surface area contributed by atoms with Crippen molar-refractivity contribution in [1.82, 2.24) is 5.32 Å². The molecule has 0 aliphatic carbocycles. The molecule has 1 heterocycles. The van der Waals surface area contributed by atoms with Gasteiger partial charge in [-0.05, 0) is 46.7 Å². The number of esters is 1. The third-order valence-corrected chi connectivity index (χ3v) is 3.72. The van der Waals surface area contributed by atoms with Crippen LogP contribution in [0.3, 0.4) is 0 Å². The molecule has 1 aliphatic rings. The topological polar surface area (TPSA) is 55.4 Å². The number of ether oxygens (including phenoxy) is 1. The second-order valence-corrected chi connectivity index (χ2v) is 6.53. The standard InChI is InChI=1S/C17H23NO3/c1-16(2,3)21-15(20)17(9-11-18-12-10-17)14(19)13-7-5-4-6-8-13/h4-8,18H,9-12H2,1-3H3. The summed E-state index contributed by atoms with van der Waals surface area (Å²) in [5, 5.41) is 3.20. The highest BCUT2D eigenvalue weighted by atomic mass is 16.6. The van der Waals surface area contributed by atoms with Gasteiger partial charge in [0.05, 0.1) is 0 Å². The van der Waals surface area contributed by atoms with Crippen LogP contribution in [0, 0.1) is 5.41 Å². The molecule has 0 saturated carbocycles. The van der Waals surface area contributed by atoms with Crippen LogP contribution in [0.2, 0.25) is 0 Å². The summed E-state index contributed by atoms with van der Waals surface area (Å²) in [5.41, 5.74) is -1.07. The molecule has 1 aromatic carbocycles. The number of hydrogen-bond donors (Lipinski definition) is 1. The van der Waals surface area contributed by atoms with Crippen LogP contribution in [0.1, 0.15) is 44.0 Å². The normalized spacial score (nSPS) is 18.0. The number of carbonyl (C=O) groups is 2. The first kappa shape index (κ1) is 15.7. The molecule has 1 saturated heterocycles. The van der Waals surface area contributed by atoms with Gasteiger partial charge in [-0.2, -0.15) is 0 Å². The van der Waals surface area contributed by atoms with Gasteiger partial charge in [-0.25, -0.2) is 0 Å². The lowest BCUT2D eigenvalue weighted by Crippen LogP contribution is -2.50. The maximum Gasteiger partial charge on any atom is 0.320 e. The van der Waals surface area contributed by atoms with Gasteiger partial charge in [0.1, 0.15) is 11.0 Å². The Kier molecular flexibility index (Phi) is 4.47. The van der Waals surface area contributed by atoms with Crippen molar-refractivity contribution in [2.24, 2.45) is 5.41 Å². The molecule has 1 aromatic rings. The smallest absolute Gasteiger partial charge is 0.320 e. The van der Waals surface area contributed by atoms with Crippen LogP contribution < -0.4 is 5.32 Å². The van der Waals surface area contributed by atoms with E-state index in [1.807, 2.05) is 39.0 Å². The molecule has 4 heteroatoms. The van der Waals surface area contributed by atoms with Crippen molar-refractivity contribution in [2.75, 3.05) is 13.1 Å². The van der Waals surface area contributed by atoms with Gasteiger partial charge in [-0.15, -0.1) is 0 Å². The predicted octanol–water partition coefficient (Wildman–Crippen LogP) is 2.58. The van der Waals surface area contributed by atoms with E-state index < -0.39 is 17.0 Å². The van der Waals surface area contributed by atoms with E-state index in [0.29, 0.717) is 31.5 Å². The van der Waals surface area contributed by atoms with Crippen LogP contribution in [0.5, 0.6) is 0 Å². The molecule has 1 fully saturated rings. The Morgan fingerprint density at radius 1 is 1.10 bits per heavy atom. The zero-order valence-electron chi connectivity index (χ0n) is 12.9. The Morgan fingerprint density at radius 3 is 2.19 bits per heavy atom. The van der Waals surface area contributed by atoms with Crippen molar-refractivity contribution >= 4 is 11.8 Å². The highest BCUT2D eigenvalue weighted by molar-refractivity contribution is 6.12. The molecule has 1 N–H and O–H groups in total. The third kappa shape index (κ3) is 3.50. The molecule has 4 nitrogen and oxygen atoms in total. The van der Waals surface area contributed by atoms with Gasteiger partial charge in [0.15, 0.2) is 5.78 Å². The summed E-state index contributed by atoms with van der Waals surface area (Å²) in [5.74, 6) is -0.524. The summed E-state index contributed by atoms with van der Waals surface area (Å²) in [6, 6.07) is 9.01. The van der Waals surface area contributed by atoms with E-state index in [9.17, 15) is 9.59 Å². The number of hydrogen-bond acceptors (Lipinski definition) is 4. The van der Waals surface area contributed by atoms with Crippen LogP contribution >= 0.6 is 0 Å². The van der Waals surface area contributed by atoms with Crippen molar-refractivity contribution in [3.05, 3.63) is 35.9 Å². The summed E-state index contributed by atoms with van der Waals surface area (Å²) in [6.45, 7) is 6.78. The monoisotopic (exact) mass is 289 g/mol. The number of benzene rings is 1. The fourth-order valence-corrected chi connectivity index (χ4v) is 2.62. The van der Waals surface area contributed by atoms with E-state index in [1.54, 1.807) is 12.1 Å². The maximum absolute atomic E-state index is 12.9. The molecule has 0 atom stereocenters. The Balaban J connectivity index is 2.33. The first-order chi connectivity index (χ1) is 9.85. The lowest BCUT2D eigenvalue weighted by Gasteiger charge is -2.36. The average Bonchev–Trinajstić information content (AvgIpc) is 2.46. The van der Waals surface area contributed by atoms with E-state index >= 15 is 0 Å². The molecule has 0 amide bonds. The quantitative estimate of drug-likeness (QED) is 0.528. The van der Waals surface area contributed by atoms with Gasteiger partial charge >= 0.3 is 5.97 Å². The number of Topliss-reactive ketones (excluding diaryl/α,β-unsaturated/α-hetero) is 1. The number of ketones is 1. The van der Waals surface area contributed by atoms with Crippen molar-refractivity contribution in [2.45, 2.75) is 39.2 Å². The zero-order chi connectivity index (χ0) is 15.5. The fourth-order valence-electron chi connectivity index (χ4n) is 2.62. The first-order valence-electron chi connectivity index (χ1n) is 7.39. The Morgan fingerprint density at radius 2 is 1.67 bits per heavy atom. The van der Waals surface area contributed by atoms with Crippen molar-refractivity contribution < 1.29 is 14.3 Å². The Bertz CT molecular complexity index is 511. The van der Waals surface area contributed by atoms with E-state index in [1.165, 1.54) is 0 Å². The van der Waals surface area contributed by atoms with Crippen LogP contribution in [0.15, 0.2) is 30.3 Å². The minimum Gasteiger partial charge on any atom is -0.459 e. The molecular formula is C17H23NO3. The minimum absolute atomic E-state index is 0.126. The van der Waals surface area contributed by atoms with E-state index in [4.69, 9.17) is 4.74 Å². The van der Waals surface area contributed by atoms with Crippen molar-refractivity contribution in [3.63, 3.8) is 0 Å². The number of rotatable bonds is 3. The van der Waals surface area contributed by atoms with E-state index in [0.717, 1.165) is 0 Å². The largest absolute Gasteiger partial charge is 0.459 e. The number of piperidine rings is 1. The summed E-state index contributed by atoms with van der Waals surface area (Å²) >= 11 is 0. The lowest BCUT2D eigenvalue weighted by atomic mass is 9.73. The van der Waals surface area contributed by atoms with E-state index in [-0.39, 0.29) is 5.78 Å². The average molecular weight is 289 g/mol. The van der Waals surface area contributed by atoms with Crippen LogP contribution in [0.4, 0.5) is 0 Å². The van der Waals surface area contributed by atoms with Gasteiger partial charge in [0, 0.05) is 5.56 Å². The highest BCUT2D eigenvalue weighted by Gasteiger charge is 2.49. The van der Waals surface area contributed by atoms with Crippen LogP contribution in [-0.2, 0) is 9.53 Å². The molecule has 21 heavy (non-hydrogen) atoms. The predicted molar refractivity (Wildman–Crippen MR) is 81.2 cm³/mol. The second kappa shape index (κ2) is 5.98. The van der Waals surface area contributed by atoms with E-state index in [2.05, 4.69) is 5.32 Å². The van der Waals surface area contributed by atoms with Crippen molar-refractivity contribution in [3.8, 4) is 0 Å². The molecule has 0 spiro atoms. The maximum atomic E-state index is 12.9. The molecule has 0 aromatic heterocycles. The molecular weight excluding hydrogens is 266 g/mol. The minimum atomic E-state index is -1.06. The molecule has 0 bridgehead atoms.